The lowest BCUT2D eigenvalue weighted by molar-refractivity contribution is -0.250. The second-order valence-electron chi connectivity index (χ2n) is 7.88. The molecule has 0 aromatic heterocycles. The van der Waals surface area contributed by atoms with E-state index in [-0.39, 0.29) is 5.04 Å². The summed E-state index contributed by atoms with van der Waals surface area (Å²) in [7, 11) is -1.90. The molecular formula is C15H27NO3Si. The van der Waals surface area contributed by atoms with Gasteiger partial charge in [0.2, 0.25) is 5.79 Å². The SMILES string of the molecule is CC(C)(C)[Si](C)(C)O[C@]12C=N[C@H](CCC13OCCO3)C2. The predicted octanol–water partition coefficient (Wildman–Crippen LogP) is 3.13. The number of fused-ring (bicyclic) bond motifs is 3. The van der Waals surface area contributed by atoms with Crippen LogP contribution in [0.5, 0.6) is 0 Å². The molecule has 2 aliphatic heterocycles. The fourth-order valence-corrected chi connectivity index (χ4v) is 4.79. The molecule has 1 aliphatic carbocycles. The van der Waals surface area contributed by atoms with Crippen LogP contribution in [0.3, 0.4) is 0 Å². The van der Waals surface area contributed by atoms with Gasteiger partial charge in [-0.2, -0.15) is 0 Å². The molecule has 5 heteroatoms. The van der Waals surface area contributed by atoms with Gasteiger partial charge < -0.3 is 13.9 Å². The Labute approximate surface area is 123 Å². The molecule has 0 radical (unpaired) electrons. The topological polar surface area (TPSA) is 40.0 Å². The van der Waals surface area contributed by atoms with Gasteiger partial charge in [-0.25, -0.2) is 0 Å². The van der Waals surface area contributed by atoms with Crippen molar-refractivity contribution < 1.29 is 13.9 Å². The highest BCUT2D eigenvalue weighted by molar-refractivity contribution is 6.74. The fraction of sp³-hybridized carbons (Fsp3) is 0.933. The summed E-state index contributed by atoms with van der Waals surface area (Å²) in [6.45, 7) is 12.7. The minimum atomic E-state index is -1.90. The third-order valence-electron chi connectivity index (χ3n) is 5.48. The Hall–Kier alpha value is -0.233. The minimum absolute atomic E-state index is 0.172. The minimum Gasteiger partial charge on any atom is -0.401 e. The first kappa shape index (κ1) is 14.7. The van der Waals surface area contributed by atoms with Gasteiger partial charge in [-0.1, -0.05) is 20.8 Å². The maximum Gasteiger partial charge on any atom is 0.202 e. The molecule has 1 saturated heterocycles. The van der Waals surface area contributed by atoms with E-state index in [1.807, 2.05) is 6.21 Å². The summed E-state index contributed by atoms with van der Waals surface area (Å²) >= 11 is 0. The van der Waals surface area contributed by atoms with Crippen LogP contribution in [0, 0.1) is 0 Å². The zero-order chi connectivity index (χ0) is 14.6. The molecule has 2 heterocycles. The maximum absolute atomic E-state index is 6.80. The monoisotopic (exact) mass is 297 g/mol. The van der Waals surface area contributed by atoms with Crippen LogP contribution in [0.1, 0.15) is 40.0 Å². The molecule has 3 aliphatic rings. The fourth-order valence-electron chi connectivity index (χ4n) is 3.28. The van der Waals surface area contributed by atoms with E-state index < -0.39 is 19.7 Å². The first-order chi connectivity index (χ1) is 9.20. The zero-order valence-electron chi connectivity index (χ0n) is 13.4. The summed E-state index contributed by atoms with van der Waals surface area (Å²) < 4.78 is 18.9. The van der Waals surface area contributed by atoms with Crippen molar-refractivity contribution in [1.29, 1.82) is 0 Å². The van der Waals surface area contributed by atoms with Gasteiger partial charge in [0.1, 0.15) is 5.60 Å². The molecule has 114 valence electrons. The van der Waals surface area contributed by atoms with Crippen molar-refractivity contribution in [3.05, 3.63) is 0 Å². The number of hydrogen-bond acceptors (Lipinski definition) is 4. The Kier molecular flexibility index (Phi) is 3.22. The maximum atomic E-state index is 6.80. The van der Waals surface area contributed by atoms with Crippen LogP contribution >= 0.6 is 0 Å². The summed E-state index contributed by atoms with van der Waals surface area (Å²) in [4.78, 5) is 4.67. The molecule has 2 atom stereocenters. The van der Waals surface area contributed by atoms with Gasteiger partial charge in [0.25, 0.3) is 0 Å². The van der Waals surface area contributed by atoms with Crippen molar-refractivity contribution >= 4 is 14.5 Å². The summed E-state index contributed by atoms with van der Waals surface area (Å²) in [5, 5.41) is 0.172. The van der Waals surface area contributed by atoms with E-state index in [0.717, 1.165) is 19.3 Å². The average molecular weight is 297 g/mol. The lowest BCUT2D eigenvalue weighted by Gasteiger charge is -2.51. The van der Waals surface area contributed by atoms with Crippen LogP contribution in [-0.4, -0.2) is 45.2 Å². The Morgan fingerprint density at radius 3 is 2.50 bits per heavy atom. The second-order valence-corrected chi connectivity index (χ2v) is 12.6. The third-order valence-corrected chi connectivity index (χ3v) is 9.97. The van der Waals surface area contributed by atoms with Gasteiger partial charge >= 0.3 is 0 Å². The zero-order valence-corrected chi connectivity index (χ0v) is 14.4. The van der Waals surface area contributed by atoms with Crippen molar-refractivity contribution in [2.75, 3.05) is 13.2 Å². The number of hydrogen-bond donors (Lipinski definition) is 0. The lowest BCUT2D eigenvalue weighted by atomic mass is 9.80. The van der Waals surface area contributed by atoms with Gasteiger partial charge in [-0.15, -0.1) is 0 Å². The molecule has 0 aromatic carbocycles. The van der Waals surface area contributed by atoms with Crippen LogP contribution in [0.25, 0.3) is 0 Å². The molecular weight excluding hydrogens is 270 g/mol. The Balaban J connectivity index is 1.94. The van der Waals surface area contributed by atoms with Crippen molar-refractivity contribution in [1.82, 2.24) is 0 Å². The smallest absolute Gasteiger partial charge is 0.202 e. The van der Waals surface area contributed by atoms with Crippen molar-refractivity contribution in [3.63, 3.8) is 0 Å². The Morgan fingerprint density at radius 1 is 1.25 bits per heavy atom. The second kappa shape index (κ2) is 4.38. The highest BCUT2D eigenvalue weighted by Gasteiger charge is 2.64. The molecule has 4 nitrogen and oxygen atoms in total. The molecule has 0 aromatic rings. The van der Waals surface area contributed by atoms with Gasteiger partial charge in [-0.05, 0) is 24.6 Å². The van der Waals surface area contributed by atoms with E-state index >= 15 is 0 Å². The van der Waals surface area contributed by atoms with Crippen LogP contribution in [0.4, 0.5) is 0 Å². The number of rotatable bonds is 2. The molecule has 0 N–H and O–H groups in total. The van der Waals surface area contributed by atoms with Gasteiger partial charge in [0, 0.05) is 19.1 Å². The van der Waals surface area contributed by atoms with Crippen molar-refractivity contribution in [2.24, 2.45) is 4.99 Å². The van der Waals surface area contributed by atoms with E-state index in [1.54, 1.807) is 0 Å². The molecule has 3 rings (SSSR count). The van der Waals surface area contributed by atoms with Gasteiger partial charge in [0.05, 0.1) is 19.3 Å². The Morgan fingerprint density at radius 2 is 1.90 bits per heavy atom. The van der Waals surface area contributed by atoms with Crippen molar-refractivity contribution in [3.8, 4) is 0 Å². The quantitative estimate of drug-likeness (QED) is 0.735. The van der Waals surface area contributed by atoms with E-state index in [1.165, 1.54) is 0 Å². The van der Waals surface area contributed by atoms with E-state index in [0.29, 0.717) is 19.3 Å². The summed E-state index contributed by atoms with van der Waals surface area (Å²) in [5.41, 5.74) is -0.463. The molecule has 0 unspecified atom stereocenters. The molecule has 1 saturated carbocycles. The summed E-state index contributed by atoms with van der Waals surface area (Å²) in [6.07, 6.45) is 4.86. The highest BCUT2D eigenvalue weighted by atomic mass is 28.4. The molecule has 20 heavy (non-hydrogen) atoms. The van der Waals surface area contributed by atoms with Crippen molar-refractivity contribution in [2.45, 2.75) is 75.6 Å². The number of aliphatic imine (C=N–C) groups is 1. The van der Waals surface area contributed by atoms with Crippen LogP contribution in [-0.2, 0) is 13.9 Å². The predicted molar refractivity (Wildman–Crippen MR) is 81.8 cm³/mol. The van der Waals surface area contributed by atoms with Gasteiger partial charge in [0.15, 0.2) is 8.32 Å². The lowest BCUT2D eigenvalue weighted by Crippen LogP contribution is -2.64. The van der Waals surface area contributed by atoms with Crippen LogP contribution in [0.2, 0.25) is 18.1 Å². The standard InChI is InChI=1S/C15H27NO3Si/c1-13(2,3)20(4,5)19-14-10-12(16-11-14)6-7-15(14)17-8-9-18-15/h11-12H,6-10H2,1-5H3/t12-,14-/m1/s1. The number of ether oxygens (including phenoxy) is 2. The molecule has 2 fully saturated rings. The van der Waals surface area contributed by atoms with E-state index in [4.69, 9.17) is 13.9 Å². The first-order valence-electron chi connectivity index (χ1n) is 7.72. The number of nitrogens with zero attached hydrogens (tertiary/aromatic N) is 1. The summed E-state index contributed by atoms with van der Waals surface area (Å²) in [6, 6.07) is 0.387. The Bertz CT molecular complexity index is 423. The molecule has 1 spiro atoms. The van der Waals surface area contributed by atoms with Crippen LogP contribution in [0.15, 0.2) is 4.99 Å². The van der Waals surface area contributed by atoms with E-state index in [9.17, 15) is 0 Å². The third kappa shape index (κ3) is 2.02. The molecule has 0 amide bonds. The highest BCUT2D eigenvalue weighted by Crippen LogP contribution is 2.52. The average Bonchev–Trinajstić information content (AvgIpc) is 2.90. The normalized spacial score (nSPS) is 36.0. The summed E-state index contributed by atoms with van der Waals surface area (Å²) in [5.74, 6) is -0.584. The van der Waals surface area contributed by atoms with Crippen LogP contribution < -0.4 is 0 Å². The molecule has 2 bridgehead atoms. The van der Waals surface area contributed by atoms with E-state index in [2.05, 4.69) is 38.9 Å². The first-order valence-corrected chi connectivity index (χ1v) is 10.6. The largest absolute Gasteiger partial charge is 0.401 e. The van der Waals surface area contributed by atoms with Gasteiger partial charge in [-0.3, -0.25) is 4.99 Å².